The first-order chi connectivity index (χ1) is 12.7. The van der Waals surface area contributed by atoms with Crippen molar-refractivity contribution in [2.45, 2.75) is 12.7 Å². The lowest BCUT2D eigenvalue weighted by Crippen LogP contribution is -2.48. The minimum atomic E-state index is -3.46. The van der Waals surface area contributed by atoms with Crippen molar-refractivity contribution in [3.8, 4) is 0 Å². The molecule has 2 rings (SSSR count). The second-order valence-electron chi connectivity index (χ2n) is 5.88. The molecule has 1 saturated heterocycles. The monoisotopic (exact) mass is 582 g/mol. The molecular weight excluding hydrogens is 565 g/mol. The topological polar surface area (TPSA) is 40.6 Å². The van der Waals surface area contributed by atoms with Crippen LogP contribution in [0, 0.1) is 0 Å². The van der Waals surface area contributed by atoms with E-state index in [2.05, 4.69) is 4.51 Å². The van der Waals surface area contributed by atoms with Crippen molar-refractivity contribution in [1.29, 1.82) is 0 Å². The number of nitrogens with zero attached hydrogens (tertiary/aromatic N) is 2. The zero-order valence-corrected chi connectivity index (χ0v) is 20.6. The summed E-state index contributed by atoms with van der Waals surface area (Å²) in [6.07, 6.45) is 0. The normalized spacial score (nSPS) is 17.8. The Hall–Kier alpha value is 0.170. The zero-order chi connectivity index (χ0) is 20.2. The number of hydrogen-bond donors (Lipinski definition) is 0. The Labute approximate surface area is 190 Å². The van der Waals surface area contributed by atoms with Gasteiger partial charge in [0.2, 0.25) is 10.0 Å². The second-order valence-corrected chi connectivity index (χ2v) is 11.1. The van der Waals surface area contributed by atoms with Crippen LogP contribution < -0.4 is 0 Å². The van der Waals surface area contributed by atoms with E-state index in [-0.39, 0.29) is 26.5 Å². The minimum absolute atomic E-state index is 0.117. The third kappa shape index (κ3) is 6.32. The molecule has 0 radical (unpaired) electrons. The fourth-order valence-electron chi connectivity index (χ4n) is 2.77. The highest BCUT2D eigenvalue weighted by Crippen LogP contribution is 2.29. The van der Waals surface area contributed by atoms with Crippen molar-refractivity contribution in [3.05, 3.63) is 53.7 Å². The average Bonchev–Trinajstić information content (AvgIpc) is 2.58. The molecule has 1 heterocycles. The van der Waals surface area contributed by atoms with Crippen LogP contribution in [-0.4, -0.2) is 48.3 Å². The summed E-state index contributed by atoms with van der Waals surface area (Å²) in [4.78, 5) is 2.02. The molecule has 1 aromatic rings. The van der Waals surface area contributed by atoms with Gasteiger partial charge in [-0.15, -0.1) is 20.7 Å². The summed E-state index contributed by atoms with van der Waals surface area (Å²) in [6, 6.07) is 4.86. The molecule has 0 spiro atoms. The van der Waals surface area contributed by atoms with Gasteiger partial charge in [0.25, 0.3) is 0 Å². The van der Waals surface area contributed by atoms with Gasteiger partial charge in [-0.2, -0.15) is 4.31 Å². The van der Waals surface area contributed by atoms with Gasteiger partial charge in [0, 0.05) is 31.2 Å². The van der Waals surface area contributed by atoms with Crippen molar-refractivity contribution >= 4 is 81.7 Å². The number of piperazine rings is 1. The molecule has 27 heavy (non-hydrogen) atoms. The van der Waals surface area contributed by atoms with Gasteiger partial charge in [-0.25, -0.2) is 8.42 Å². The van der Waals surface area contributed by atoms with Crippen molar-refractivity contribution in [2.24, 2.45) is 0 Å². The lowest BCUT2D eigenvalue weighted by Gasteiger charge is -2.36. The molecule has 10 heteroatoms. The number of hydrogen-bond acceptors (Lipinski definition) is 3. The lowest BCUT2D eigenvalue weighted by molar-refractivity contribution is 0.232. The first-order valence-electron chi connectivity index (χ1n) is 7.91. The van der Waals surface area contributed by atoms with E-state index in [0.29, 0.717) is 51.9 Å². The van der Waals surface area contributed by atoms with Gasteiger partial charge in [-0.3, -0.25) is 0 Å². The average molecular weight is 584 g/mol. The van der Waals surface area contributed by atoms with Crippen LogP contribution in [0.15, 0.2) is 38.0 Å². The number of rotatable bonds is 6. The Morgan fingerprint density at radius 1 is 1.19 bits per heavy atom. The molecule has 0 aliphatic carbocycles. The van der Waals surface area contributed by atoms with E-state index in [9.17, 15) is 8.42 Å². The van der Waals surface area contributed by atoms with Crippen LogP contribution in [0.1, 0.15) is 12.5 Å². The summed E-state index contributed by atoms with van der Waals surface area (Å²) < 4.78 is 32.8. The Kier molecular flexibility index (Phi) is 8.92. The van der Waals surface area contributed by atoms with E-state index in [1.54, 1.807) is 25.1 Å². The van der Waals surface area contributed by atoms with Crippen LogP contribution in [-0.2, 0) is 15.8 Å². The molecule has 0 bridgehead atoms. The minimum Gasteiger partial charge on any atom is -0.367 e. The summed E-state index contributed by atoms with van der Waals surface area (Å²) in [5.41, 5.74) is 1.36. The highest BCUT2D eigenvalue weighted by molar-refractivity contribution is 14.2. The Bertz CT molecular complexity index is 875. The van der Waals surface area contributed by atoms with Crippen molar-refractivity contribution < 1.29 is 8.42 Å². The Balaban J connectivity index is 2.09. The Morgan fingerprint density at radius 3 is 2.33 bits per heavy atom. The van der Waals surface area contributed by atoms with E-state index in [4.69, 9.17) is 46.4 Å². The third-order valence-electron chi connectivity index (χ3n) is 4.01. The van der Waals surface area contributed by atoms with Crippen molar-refractivity contribution in [2.75, 3.05) is 26.2 Å². The predicted molar refractivity (Wildman–Crippen MR) is 126 cm³/mol. The smallest absolute Gasteiger partial charge is 0.218 e. The molecule has 0 saturated carbocycles. The maximum absolute atomic E-state index is 12.7. The summed E-state index contributed by atoms with van der Waals surface area (Å²) >= 11 is 24.1. The molecule has 1 aromatic carbocycles. The summed E-state index contributed by atoms with van der Waals surface area (Å²) in [6.45, 7) is 3.53. The predicted octanol–water partition coefficient (Wildman–Crippen LogP) is 5.39. The summed E-state index contributed by atoms with van der Waals surface area (Å²) in [7, 11) is -3.46. The van der Waals surface area contributed by atoms with E-state index >= 15 is 0 Å². The van der Waals surface area contributed by atoms with Gasteiger partial charge in [0.1, 0.15) is 0 Å². The molecule has 1 fully saturated rings. The first kappa shape index (κ1) is 23.4. The number of benzene rings is 1. The fourth-order valence-corrected chi connectivity index (χ4v) is 6.20. The van der Waals surface area contributed by atoms with Gasteiger partial charge in [0.05, 0.1) is 26.5 Å². The number of halogens is 5. The highest BCUT2D eigenvalue weighted by Gasteiger charge is 2.29. The van der Waals surface area contributed by atoms with E-state index in [0.717, 1.165) is 5.70 Å². The molecule has 150 valence electrons. The SMILES string of the molecule is C=I/C=C(Cl)\C(=C(/C)Cl)N1CCN(S(=O)(=O)Cc2ccc(Cl)c(Cl)c2)CC1. The molecule has 0 aromatic heterocycles. The van der Waals surface area contributed by atoms with Gasteiger partial charge in [0.15, 0.2) is 0 Å². The third-order valence-corrected chi connectivity index (χ3v) is 8.49. The highest BCUT2D eigenvalue weighted by atomic mass is 127. The van der Waals surface area contributed by atoms with Gasteiger partial charge >= 0.3 is 0 Å². The second kappa shape index (κ2) is 10.3. The maximum Gasteiger partial charge on any atom is 0.218 e. The molecule has 1 aliphatic heterocycles. The molecular formula is C17H19Cl4IN2O2S. The van der Waals surface area contributed by atoms with Crippen LogP contribution in [0.4, 0.5) is 0 Å². The van der Waals surface area contributed by atoms with Crippen LogP contribution in [0.25, 0.3) is 0 Å². The van der Waals surface area contributed by atoms with Crippen LogP contribution in [0.3, 0.4) is 0 Å². The maximum atomic E-state index is 12.7. The van der Waals surface area contributed by atoms with Crippen LogP contribution >= 0.6 is 67.1 Å². The molecule has 0 N–H and O–H groups in total. The standard InChI is InChI=1S/C17H19Cl4IN2O2S/c1-12(18)17(16(21)10-22-2)23-5-7-24(8-6-23)27(25,26)11-13-3-4-14(19)15(20)9-13/h3-4,9-10H,2,5-8,11H2,1H3/b16-10+,17-12-. The molecule has 4 nitrogen and oxygen atoms in total. The van der Waals surface area contributed by atoms with Crippen LogP contribution in [0.2, 0.25) is 10.0 Å². The largest absolute Gasteiger partial charge is 0.367 e. The van der Waals surface area contributed by atoms with E-state index in [1.807, 2.05) is 8.98 Å². The summed E-state index contributed by atoms with van der Waals surface area (Å²) in [5, 5.41) is 1.91. The number of allylic oxidation sites excluding steroid dienone is 2. The molecule has 1 aliphatic rings. The van der Waals surface area contributed by atoms with Crippen LogP contribution in [0.5, 0.6) is 0 Å². The zero-order valence-electron chi connectivity index (χ0n) is 14.6. The molecule has 0 unspecified atom stereocenters. The quantitative estimate of drug-likeness (QED) is 0.333. The van der Waals surface area contributed by atoms with E-state index in [1.165, 1.54) is 4.31 Å². The number of sulfonamides is 1. The van der Waals surface area contributed by atoms with Crippen molar-refractivity contribution in [3.63, 3.8) is 0 Å². The molecule has 0 amide bonds. The summed E-state index contributed by atoms with van der Waals surface area (Å²) in [5.74, 6) is -0.117. The van der Waals surface area contributed by atoms with Gasteiger partial charge < -0.3 is 4.90 Å². The Morgan fingerprint density at radius 2 is 1.81 bits per heavy atom. The first-order valence-corrected chi connectivity index (χ1v) is 13.8. The van der Waals surface area contributed by atoms with Gasteiger partial charge in [-0.05, 0) is 28.7 Å². The van der Waals surface area contributed by atoms with E-state index < -0.39 is 10.0 Å². The fraction of sp³-hybridized carbons (Fsp3) is 0.353. The molecule has 0 atom stereocenters. The van der Waals surface area contributed by atoms with Gasteiger partial charge in [-0.1, -0.05) is 57.0 Å². The lowest BCUT2D eigenvalue weighted by atomic mass is 10.2. The van der Waals surface area contributed by atoms with Crippen molar-refractivity contribution in [1.82, 2.24) is 9.21 Å².